The highest BCUT2D eigenvalue weighted by Crippen LogP contribution is 1.87. The Balaban J connectivity index is 2.23. The lowest BCUT2D eigenvalue weighted by Gasteiger charge is -2.07. The SMILES string of the molecule is COC(=O)CO/N=C1/CN=CNC1. The van der Waals surface area contributed by atoms with Crippen molar-refractivity contribution >= 4 is 18.0 Å². The molecule has 0 aromatic heterocycles. The highest BCUT2D eigenvalue weighted by Gasteiger charge is 2.03. The minimum Gasteiger partial charge on any atom is -0.466 e. The highest BCUT2D eigenvalue weighted by molar-refractivity contribution is 5.92. The average molecular weight is 185 g/mol. The van der Waals surface area contributed by atoms with E-state index in [0.717, 1.165) is 5.71 Å². The first-order valence-electron chi connectivity index (χ1n) is 3.79. The second kappa shape index (κ2) is 5.13. The van der Waals surface area contributed by atoms with Crippen LogP contribution in [0.5, 0.6) is 0 Å². The number of methoxy groups -OCH3 is 1. The molecule has 1 rings (SSSR count). The Bertz CT molecular complexity index is 237. The van der Waals surface area contributed by atoms with Crippen LogP contribution in [-0.4, -0.2) is 44.8 Å². The van der Waals surface area contributed by atoms with Crippen LogP contribution in [0.1, 0.15) is 0 Å². The minimum atomic E-state index is -0.448. The molecular weight excluding hydrogens is 174 g/mol. The van der Waals surface area contributed by atoms with Gasteiger partial charge >= 0.3 is 5.97 Å². The quantitative estimate of drug-likeness (QED) is 0.460. The summed E-state index contributed by atoms with van der Waals surface area (Å²) in [5, 5.41) is 6.58. The van der Waals surface area contributed by atoms with Gasteiger partial charge in [-0.3, -0.25) is 4.99 Å². The summed E-state index contributed by atoms with van der Waals surface area (Å²) < 4.78 is 4.36. The number of ether oxygens (including phenoxy) is 1. The van der Waals surface area contributed by atoms with E-state index >= 15 is 0 Å². The van der Waals surface area contributed by atoms with Crippen molar-refractivity contribution in [3.63, 3.8) is 0 Å². The van der Waals surface area contributed by atoms with E-state index in [-0.39, 0.29) is 6.61 Å². The molecule has 0 bridgehead atoms. The number of nitrogens with zero attached hydrogens (tertiary/aromatic N) is 2. The number of oxime groups is 1. The Kier molecular flexibility index (Phi) is 3.74. The van der Waals surface area contributed by atoms with Gasteiger partial charge in [0.05, 0.1) is 32.2 Å². The summed E-state index contributed by atoms with van der Waals surface area (Å²) in [6.45, 7) is 0.947. The third kappa shape index (κ3) is 3.55. The fourth-order valence-electron chi connectivity index (χ4n) is 0.731. The molecule has 0 aromatic carbocycles. The van der Waals surface area contributed by atoms with Crippen LogP contribution in [0.2, 0.25) is 0 Å². The smallest absolute Gasteiger partial charge is 0.346 e. The van der Waals surface area contributed by atoms with Crippen LogP contribution < -0.4 is 5.32 Å². The molecule has 1 N–H and O–H groups in total. The van der Waals surface area contributed by atoms with Gasteiger partial charge < -0.3 is 14.9 Å². The van der Waals surface area contributed by atoms with Crippen molar-refractivity contribution in [1.82, 2.24) is 5.32 Å². The Hall–Kier alpha value is -1.59. The lowest BCUT2D eigenvalue weighted by Crippen LogP contribution is -2.29. The van der Waals surface area contributed by atoms with Gasteiger partial charge in [0.15, 0.2) is 0 Å². The number of carbonyl (C=O) groups is 1. The van der Waals surface area contributed by atoms with E-state index in [1.54, 1.807) is 6.34 Å². The minimum absolute atomic E-state index is 0.163. The molecule has 0 saturated heterocycles. The second-order valence-corrected chi connectivity index (χ2v) is 2.36. The van der Waals surface area contributed by atoms with Gasteiger partial charge in [-0.1, -0.05) is 5.16 Å². The van der Waals surface area contributed by atoms with Gasteiger partial charge in [0.1, 0.15) is 0 Å². The molecule has 6 heteroatoms. The summed E-state index contributed by atoms with van der Waals surface area (Å²) in [4.78, 5) is 19.2. The van der Waals surface area contributed by atoms with Crippen molar-refractivity contribution in [3.8, 4) is 0 Å². The first kappa shape index (κ1) is 9.50. The van der Waals surface area contributed by atoms with E-state index in [2.05, 4.69) is 20.2 Å². The van der Waals surface area contributed by atoms with Crippen LogP contribution >= 0.6 is 0 Å². The molecule has 0 aliphatic carbocycles. The second-order valence-electron chi connectivity index (χ2n) is 2.36. The molecule has 1 aliphatic rings. The van der Waals surface area contributed by atoms with E-state index in [4.69, 9.17) is 4.84 Å². The average Bonchev–Trinajstić information content (AvgIpc) is 2.19. The Morgan fingerprint density at radius 3 is 3.31 bits per heavy atom. The Morgan fingerprint density at radius 1 is 1.85 bits per heavy atom. The zero-order valence-electron chi connectivity index (χ0n) is 7.32. The standard InChI is InChI=1S/C7H11N3O3/c1-12-7(11)4-13-10-6-2-8-5-9-3-6/h5H,2-4H2,1H3,(H,8,9). The third-order valence-corrected chi connectivity index (χ3v) is 1.37. The maximum atomic E-state index is 10.6. The van der Waals surface area contributed by atoms with Crippen molar-refractivity contribution < 1.29 is 14.4 Å². The molecule has 0 amide bonds. The van der Waals surface area contributed by atoms with Gasteiger partial charge in [-0.25, -0.2) is 4.79 Å². The number of nitrogens with one attached hydrogen (secondary N) is 1. The number of hydrogen-bond donors (Lipinski definition) is 1. The van der Waals surface area contributed by atoms with E-state index in [1.807, 2.05) is 0 Å². The lowest BCUT2D eigenvalue weighted by atomic mass is 10.3. The monoisotopic (exact) mass is 185 g/mol. The van der Waals surface area contributed by atoms with E-state index in [0.29, 0.717) is 13.1 Å². The van der Waals surface area contributed by atoms with E-state index in [1.165, 1.54) is 7.11 Å². The number of hydrogen-bond acceptors (Lipinski definition) is 6. The Labute approximate surface area is 75.6 Å². The first-order valence-corrected chi connectivity index (χ1v) is 3.79. The summed E-state index contributed by atoms with van der Waals surface area (Å²) in [5.41, 5.74) is 0.756. The molecule has 0 unspecified atom stereocenters. The number of rotatable bonds is 3. The van der Waals surface area contributed by atoms with Gasteiger partial charge in [0.2, 0.25) is 6.61 Å². The highest BCUT2D eigenvalue weighted by atomic mass is 16.6. The van der Waals surface area contributed by atoms with Crippen LogP contribution in [0.25, 0.3) is 0 Å². The molecule has 0 aromatic rings. The van der Waals surface area contributed by atoms with Crippen molar-refractivity contribution in [1.29, 1.82) is 0 Å². The number of aliphatic imine (C=N–C) groups is 1. The molecule has 1 heterocycles. The van der Waals surface area contributed by atoms with Crippen molar-refractivity contribution in [3.05, 3.63) is 0 Å². The fraction of sp³-hybridized carbons (Fsp3) is 0.571. The summed E-state index contributed by atoms with van der Waals surface area (Å²) in [6, 6.07) is 0. The van der Waals surface area contributed by atoms with Crippen molar-refractivity contribution in [2.24, 2.45) is 10.1 Å². The molecular formula is C7H11N3O3. The normalized spacial score (nSPS) is 18.1. The Morgan fingerprint density at radius 2 is 2.69 bits per heavy atom. The molecule has 1 aliphatic heterocycles. The summed E-state index contributed by atoms with van der Waals surface area (Å²) in [7, 11) is 1.30. The third-order valence-electron chi connectivity index (χ3n) is 1.37. The molecule has 13 heavy (non-hydrogen) atoms. The molecule has 0 spiro atoms. The molecule has 0 saturated carbocycles. The molecule has 0 atom stereocenters. The fourth-order valence-corrected chi connectivity index (χ4v) is 0.731. The van der Waals surface area contributed by atoms with Crippen molar-refractivity contribution in [2.45, 2.75) is 0 Å². The molecule has 0 radical (unpaired) electrons. The first-order chi connectivity index (χ1) is 6.33. The molecule has 72 valence electrons. The van der Waals surface area contributed by atoms with E-state index in [9.17, 15) is 4.79 Å². The van der Waals surface area contributed by atoms with Crippen LogP contribution in [0.15, 0.2) is 10.1 Å². The number of carbonyl (C=O) groups excluding carboxylic acids is 1. The summed E-state index contributed by atoms with van der Waals surface area (Å²) in [5.74, 6) is -0.448. The topological polar surface area (TPSA) is 72.3 Å². The van der Waals surface area contributed by atoms with Crippen LogP contribution in [0, 0.1) is 0 Å². The van der Waals surface area contributed by atoms with Gasteiger partial charge in [0.25, 0.3) is 0 Å². The van der Waals surface area contributed by atoms with Gasteiger partial charge in [-0.2, -0.15) is 0 Å². The summed E-state index contributed by atoms with van der Waals surface area (Å²) >= 11 is 0. The van der Waals surface area contributed by atoms with Gasteiger partial charge in [0, 0.05) is 0 Å². The molecule has 0 fully saturated rings. The van der Waals surface area contributed by atoms with Crippen LogP contribution in [-0.2, 0) is 14.4 Å². The van der Waals surface area contributed by atoms with Gasteiger partial charge in [-0.05, 0) is 0 Å². The zero-order valence-corrected chi connectivity index (χ0v) is 7.32. The predicted molar refractivity (Wildman–Crippen MR) is 46.8 cm³/mol. The van der Waals surface area contributed by atoms with Crippen LogP contribution in [0.3, 0.4) is 0 Å². The molecule has 6 nitrogen and oxygen atoms in total. The summed E-state index contributed by atoms with van der Waals surface area (Å²) in [6.07, 6.45) is 1.61. The predicted octanol–water partition coefficient (Wildman–Crippen LogP) is -0.837. The zero-order chi connectivity index (χ0) is 9.52. The van der Waals surface area contributed by atoms with Crippen molar-refractivity contribution in [2.75, 3.05) is 26.8 Å². The maximum absolute atomic E-state index is 10.6. The lowest BCUT2D eigenvalue weighted by molar-refractivity contribution is -0.145. The largest absolute Gasteiger partial charge is 0.466 e. The number of esters is 1. The van der Waals surface area contributed by atoms with Gasteiger partial charge in [-0.15, -0.1) is 0 Å². The van der Waals surface area contributed by atoms with E-state index < -0.39 is 5.97 Å². The maximum Gasteiger partial charge on any atom is 0.346 e. The van der Waals surface area contributed by atoms with Crippen LogP contribution in [0.4, 0.5) is 0 Å².